The van der Waals surface area contributed by atoms with Crippen molar-refractivity contribution in [1.82, 2.24) is 0 Å². The number of anilines is 6. The summed E-state index contributed by atoms with van der Waals surface area (Å²) in [4.78, 5) is 4.76. The van der Waals surface area contributed by atoms with Crippen molar-refractivity contribution in [3.8, 4) is 22.3 Å². The van der Waals surface area contributed by atoms with E-state index >= 15 is 0 Å². The van der Waals surface area contributed by atoms with Crippen LogP contribution in [0.15, 0.2) is 206 Å². The van der Waals surface area contributed by atoms with Crippen LogP contribution in [0.25, 0.3) is 43.8 Å². The highest BCUT2D eigenvalue weighted by atomic mass is 15.1. The van der Waals surface area contributed by atoms with Crippen molar-refractivity contribution in [2.75, 3.05) is 9.80 Å². The third kappa shape index (κ3) is 6.82. The first-order valence-electron chi connectivity index (χ1n) is 21.3. The molecule has 1 aliphatic rings. The summed E-state index contributed by atoms with van der Waals surface area (Å²) in [6.07, 6.45) is 2.43. The Morgan fingerprint density at radius 1 is 0.317 bits per heavy atom. The zero-order chi connectivity index (χ0) is 40.8. The van der Waals surface area contributed by atoms with E-state index in [1.807, 2.05) is 0 Å². The molecule has 2 nitrogen and oxygen atoms in total. The Labute approximate surface area is 355 Å². The lowest BCUT2D eigenvalue weighted by molar-refractivity contribution is 0.332. The predicted octanol–water partition coefficient (Wildman–Crippen LogP) is 16.6. The van der Waals surface area contributed by atoms with Gasteiger partial charge >= 0.3 is 0 Å². The Kier molecular flexibility index (Phi) is 9.37. The molecule has 0 aromatic heterocycles. The minimum atomic E-state index is 0.167. The molecule has 0 spiro atoms. The molecule has 9 aromatic rings. The largest absolute Gasteiger partial charge is 0.310 e. The summed E-state index contributed by atoms with van der Waals surface area (Å²) in [5.41, 5.74) is 15.0. The molecule has 10 rings (SSSR count). The normalized spacial score (nSPS) is 14.1. The molecule has 0 amide bonds. The first kappa shape index (κ1) is 37.4. The molecule has 0 unspecified atom stereocenters. The highest BCUT2D eigenvalue weighted by molar-refractivity contribution is 6.00. The topological polar surface area (TPSA) is 6.48 Å². The lowest BCUT2D eigenvalue weighted by atomic mass is 9.63. The minimum absolute atomic E-state index is 0.167. The van der Waals surface area contributed by atoms with Crippen molar-refractivity contribution in [2.45, 2.75) is 51.4 Å². The van der Waals surface area contributed by atoms with Gasteiger partial charge in [-0.25, -0.2) is 0 Å². The first-order chi connectivity index (χ1) is 29.2. The molecule has 0 bridgehead atoms. The molecular formula is C58H50N2. The van der Waals surface area contributed by atoms with Gasteiger partial charge < -0.3 is 9.80 Å². The smallest absolute Gasteiger partial charge is 0.0540 e. The fourth-order valence-corrected chi connectivity index (χ4v) is 9.42. The van der Waals surface area contributed by atoms with Gasteiger partial charge in [0.05, 0.1) is 11.4 Å². The number of benzene rings is 9. The monoisotopic (exact) mass is 774 g/mol. The summed E-state index contributed by atoms with van der Waals surface area (Å²) in [7, 11) is 0. The molecule has 9 aromatic carbocycles. The molecule has 0 aliphatic heterocycles. The van der Waals surface area contributed by atoms with Gasteiger partial charge in [0, 0.05) is 33.5 Å². The minimum Gasteiger partial charge on any atom is -0.310 e. The lowest BCUT2D eigenvalue weighted by Gasteiger charge is -2.42. The summed E-state index contributed by atoms with van der Waals surface area (Å²) in [5, 5.41) is 4.89. The average molecular weight is 775 g/mol. The van der Waals surface area contributed by atoms with Gasteiger partial charge in [-0.3, -0.25) is 0 Å². The summed E-state index contributed by atoms with van der Waals surface area (Å²) < 4.78 is 0. The Balaban J connectivity index is 0.997. The maximum absolute atomic E-state index is 2.46. The van der Waals surface area contributed by atoms with Gasteiger partial charge in [0.1, 0.15) is 0 Å². The highest BCUT2D eigenvalue weighted by Crippen LogP contribution is 2.47. The van der Waals surface area contributed by atoms with Crippen LogP contribution in [0.3, 0.4) is 0 Å². The summed E-state index contributed by atoms with van der Waals surface area (Å²) >= 11 is 0. The summed E-state index contributed by atoms with van der Waals surface area (Å²) in [6.45, 7) is 9.60. The van der Waals surface area contributed by atoms with Crippen molar-refractivity contribution in [3.05, 3.63) is 217 Å². The number of hydrogen-bond acceptors (Lipinski definition) is 2. The van der Waals surface area contributed by atoms with Gasteiger partial charge in [-0.15, -0.1) is 0 Å². The van der Waals surface area contributed by atoms with E-state index in [0.29, 0.717) is 0 Å². The van der Waals surface area contributed by atoms with Crippen LogP contribution in [0.5, 0.6) is 0 Å². The average Bonchev–Trinajstić information content (AvgIpc) is 3.29. The molecule has 0 N–H and O–H groups in total. The SMILES string of the molecule is CC1(C)CCC(C)(C)c2cc(-c3ccc(N(c4ccc(-c5ccc(N(c6ccccc6)c6cccc7ccccc67)cc5)cc4)c4cccc5ccccc45)cc3)ccc21. The standard InChI is InChI=1S/C58H50N2/c1-57(2)38-39-58(3,4)54-40-46(30-37-53(54)57)43-28-35-50(36-29-43)60(56-23-13-17-45-15-9-11-21-52(45)56)49-33-26-42(27-34-49)41-24-31-48(32-25-41)59(47-18-6-5-7-19-47)55-22-12-16-44-14-8-10-20-51(44)55/h5-37,40H,38-39H2,1-4H3. The zero-order valence-corrected chi connectivity index (χ0v) is 34.9. The van der Waals surface area contributed by atoms with Crippen LogP contribution >= 0.6 is 0 Å². The van der Waals surface area contributed by atoms with E-state index in [-0.39, 0.29) is 10.8 Å². The molecule has 0 radical (unpaired) electrons. The Bertz CT molecular complexity index is 2950. The van der Waals surface area contributed by atoms with E-state index in [1.54, 1.807) is 0 Å². The zero-order valence-electron chi connectivity index (χ0n) is 34.9. The number of fused-ring (bicyclic) bond motifs is 3. The molecule has 0 fully saturated rings. The summed E-state index contributed by atoms with van der Waals surface area (Å²) in [6, 6.07) is 75.5. The van der Waals surface area contributed by atoms with Crippen LogP contribution in [0, 0.1) is 0 Å². The van der Waals surface area contributed by atoms with Crippen molar-refractivity contribution in [3.63, 3.8) is 0 Å². The third-order valence-corrected chi connectivity index (χ3v) is 12.9. The highest BCUT2D eigenvalue weighted by Gasteiger charge is 2.37. The summed E-state index contributed by atoms with van der Waals surface area (Å²) in [5.74, 6) is 0. The molecule has 60 heavy (non-hydrogen) atoms. The quantitative estimate of drug-likeness (QED) is 0.152. The predicted molar refractivity (Wildman–Crippen MR) is 257 cm³/mol. The number of nitrogens with zero attached hydrogens (tertiary/aromatic N) is 2. The Morgan fingerprint density at radius 3 is 1.17 bits per heavy atom. The van der Waals surface area contributed by atoms with Gasteiger partial charge in [0.2, 0.25) is 0 Å². The molecular weight excluding hydrogens is 725 g/mol. The van der Waals surface area contributed by atoms with E-state index in [0.717, 1.165) is 34.1 Å². The maximum atomic E-state index is 2.46. The van der Waals surface area contributed by atoms with E-state index in [9.17, 15) is 0 Å². The van der Waals surface area contributed by atoms with Crippen molar-refractivity contribution in [2.24, 2.45) is 0 Å². The molecule has 0 saturated carbocycles. The van der Waals surface area contributed by atoms with Gasteiger partial charge in [-0.05, 0) is 128 Å². The molecule has 1 aliphatic carbocycles. The fourth-order valence-electron chi connectivity index (χ4n) is 9.42. The molecule has 0 saturated heterocycles. The van der Waals surface area contributed by atoms with Gasteiger partial charge in [-0.1, -0.05) is 173 Å². The van der Waals surface area contributed by atoms with Crippen molar-refractivity contribution >= 4 is 55.7 Å². The van der Waals surface area contributed by atoms with Crippen molar-refractivity contribution < 1.29 is 0 Å². The number of rotatable bonds is 8. The Morgan fingerprint density at radius 2 is 0.683 bits per heavy atom. The van der Waals surface area contributed by atoms with Crippen LogP contribution < -0.4 is 9.80 Å². The van der Waals surface area contributed by atoms with Crippen LogP contribution in [0.1, 0.15) is 51.7 Å². The van der Waals surface area contributed by atoms with E-state index in [1.165, 1.54) is 67.8 Å². The van der Waals surface area contributed by atoms with Gasteiger partial charge in [-0.2, -0.15) is 0 Å². The Hall–Kier alpha value is -6.90. The van der Waals surface area contributed by atoms with E-state index in [4.69, 9.17) is 0 Å². The second-order valence-electron chi connectivity index (χ2n) is 17.7. The second kappa shape index (κ2) is 15.0. The van der Waals surface area contributed by atoms with Crippen molar-refractivity contribution in [1.29, 1.82) is 0 Å². The van der Waals surface area contributed by atoms with Crippen LogP contribution in [0.4, 0.5) is 34.1 Å². The first-order valence-corrected chi connectivity index (χ1v) is 21.3. The van der Waals surface area contributed by atoms with Crippen LogP contribution in [-0.4, -0.2) is 0 Å². The van der Waals surface area contributed by atoms with Gasteiger partial charge in [0.15, 0.2) is 0 Å². The molecule has 292 valence electrons. The molecule has 0 atom stereocenters. The van der Waals surface area contributed by atoms with Crippen LogP contribution in [-0.2, 0) is 10.8 Å². The maximum Gasteiger partial charge on any atom is 0.0540 e. The van der Waals surface area contributed by atoms with E-state index < -0.39 is 0 Å². The fraction of sp³-hybridized carbons (Fsp3) is 0.138. The van der Waals surface area contributed by atoms with E-state index in [2.05, 4.69) is 244 Å². The second-order valence-corrected chi connectivity index (χ2v) is 17.7. The molecule has 2 heteroatoms. The number of hydrogen-bond donors (Lipinski definition) is 0. The lowest BCUT2D eigenvalue weighted by Crippen LogP contribution is -2.33. The van der Waals surface area contributed by atoms with Crippen LogP contribution in [0.2, 0.25) is 0 Å². The molecule has 0 heterocycles. The third-order valence-electron chi connectivity index (χ3n) is 12.9. The number of para-hydroxylation sites is 1. The van der Waals surface area contributed by atoms with Gasteiger partial charge in [0.25, 0.3) is 0 Å².